The van der Waals surface area contributed by atoms with Crippen molar-refractivity contribution in [2.75, 3.05) is 0 Å². The van der Waals surface area contributed by atoms with Crippen LogP contribution in [0.3, 0.4) is 0 Å². The van der Waals surface area contributed by atoms with Crippen molar-refractivity contribution < 1.29 is 9.85 Å². The monoisotopic (exact) mass is 274 g/mol. The molecule has 0 aliphatic heterocycles. The second-order valence-corrected chi connectivity index (χ2v) is 4.19. The van der Waals surface area contributed by atoms with Gasteiger partial charge in [-0.2, -0.15) is 0 Å². The van der Waals surface area contributed by atoms with Crippen molar-refractivity contribution in [3.8, 4) is 0 Å². The van der Waals surface area contributed by atoms with E-state index in [2.05, 4.69) is 0 Å². The van der Waals surface area contributed by atoms with Crippen molar-refractivity contribution in [1.29, 1.82) is 0 Å². The van der Waals surface area contributed by atoms with Gasteiger partial charge in [0.05, 0.1) is 9.85 Å². The molecule has 0 fully saturated rings. The van der Waals surface area contributed by atoms with Crippen molar-refractivity contribution in [3.63, 3.8) is 0 Å². The van der Waals surface area contributed by atoms with Crippen LogP contribution in [0, 0.1) is 34.1 Å². The highest BCUT2D eigenvalue weighted by Gasteiger charge is 2.01. The zero-order valence-corrected chi connectivity index (χ0v) is 11.1. The number of hydrogen-bond acceptors (Lipinski definition) is 4. The number of nitro benzene ring substituents is 2. The molecule has 2 aromatic rings. The minimum absolute atomic E-state index is 0.144. The van der Waals surface area contributed by atoms with E-state index >= 15 is 0 Å². The molecule has 2 rings (SSSR count). The molecular weight excluding hydrogens is 260 g/mol. The summed E-state index contributed by atoms with van der Waals surface area (Å²) in [5, 5.41) is 20.2. The average molecular weight is 274 g/mol. The molecule has 0 saturated carbocycles. The Bertz CT molecular complexity index is 536. The molecular formula is C14H14N2O4. The Labute approximate surface area is 116 Å². The van der Waals surface area contributed by atoms with Crippen LogP contribution in [0.1, 0.15) is 11.1 Å². The second-order valence-electron chi connectivity index (χ2n) is 4.19. The molecule has 0 heterocycles. The molecule has 6 nitrogen and oxygen atoms in total. The molecule has 0 bridgehead atoms. The van der Waals surface area contributed by atoms with E-state index in [1.54, 1.807) is 24.3 Å². The highest BCUT2D eigenvalue weighted by molar-refractivity contribution is 5.32. The lowest BCUT2D eigenvalue weighted by Gasteiger charge is -1.90. The van der Waals surface area contributed by atoms with Crippen molar-refractivity contribution >= 4 is 11.4 Å². The smallest absolute Gasteiger partial charge is 0.258 e. The maximum atomic E-state index is 10.1. The molecule has 0 spiro atoms. The normalized spacial score (nSPS) is 9.30. The van der Waals surface area contributed by atoms with Crippen molar-refractivity contribution in [2.24, 2.45) is 0 Å². The molecule has 0 aliphatic rings. The Morgan fingerprint density at radius 1 is 0.650 bits per heavy atom. The van der Waals surface area contributed by atoms with Gasteiger partial charge in [-0.25, -0.2) is 0 Å². The highest BCUT2D eigenvalue weighted by Crippen LogP contribution is 2.11. The van der Waals surface area contributed by atoms with E-state index in [0.29, 0.717) is 0 Å². The van der Waals surface area contributed by atoms with E-state index < -0.39 is 9.85 Å². The lowest BCUT2D eigenvalue weighted by Crippen LogP contribution is -1.86. The molecule has 6 heteroatoms. The molecule has 0 saturated heterocycles. The Morgan fingerprint density at radius 3 is 1.10 bits per heavy atom. The summed E-state index contributed by atoms with van der Waals surface area (Å²) in [4.78, 5) is 19.4. The van der Waals surface area contributed by atoms with E-state index in [4.69, 9.17) is 0 Å². The van der Waals surface area contributed by atoms with Gasteiger partial charge in [0.1, 0.15) is 0 Å². The van der Waals surface area contributed by atoms with Gasteiger partial charge in [-0.05, 0) is 13.8 Å². The molecule has 20 heavy (non-hydrogen) atoms. The minimum Gasteiger partial charge on any atom is -0.258 e. The first-order valence-corrected chi connectivity index (χ1v) is 5.82. The van der Waals surface area contributed by atoms with Crippen LogP contribution in [0.5, 0.6) is 0 Å². The third kappa shape index (κ3) is 4.85. The van der Waals surface area contributed by atoms with Crippen LogP contribution in [-0.2, 0) is 0 Å². The molecule has 0 aromatic heterocycles. The largest absolute Gasteiger partial charge is 0.269 e. The van der Waals surface area contributed by atoms with Crippen molar-refractivity contribution in [3.05, 3.63) is 79.9 Å². The molecule has 2 aromatic carbocycles. The number of rotatable bonds is 2. The Hall–Kier alpha value is -2.76. The van der Waals surface area contributed by atoms with E-state index in [9.17, 15) is 20.2 Å². The summed E-state index contributed by atoms with van der Waals surface area (Å²) < 4.78 is 0. The summed E-state index contributed by atoms with van der Waals surface area (Å²) in [7, 11) is 0. The minimum atomic E-state index is -0.403. The second kappa shape index (κ2) is 6.98. The van der Waals surface area contributed by atoms with Crippen LogP contribution in [-0.4, -0.2) is 9.85 Å². The number of aryl methyl sites for hydroxylation is 2. The van der Waals surface area contributed by atoms with Crippen molar-refractivity contribution in [2.45, 2.75) is 13.8 Å². The zero-order chi connectivity index (χ0) is 15.1. The first kappa shape index (κ1) is 15.3. The lowest BCUT2D eigenvalue weighted by atomic mass is 10.2. The lowest BCUT2D eigenvalue weighted by molar-refractivity contribution is -0.385. The van der Waals surface area contributed by atoms with Crippen LogP contribution in [0.2, 0.25) is 0 Å². The van der Waals surface area contributed by atoms with Gasteiger partial charge in [-0.3, -0.25) is 20.2 Å². The molecule has 0 amide bonds. The summed E-state index contributed by atoms with van der Waals surface area (Å²) in [6, 6.07) is 12.9. The van der Waals surface area contributed by atoms with Gasteiger partial charge in [0.2, 0.25) is 0 Å². The van der Waals surface area contributed by atoms with Crippen LogP contribution >= 0.6 is 0 Å². The molecule has 0 unspecified atom stereocenters. The quantitative estimate of drug-likeness (QED) is 0.615. The SMILES string of the molecule is Cc1ccc([N+](=O)[O-])cc1.Cc1ccc([N+](=O)[O-])cc1. The fraction of sp³-hybridized carbons (Fsp3) is 0.143. The van der Waals surface area contributed by atoms with Gasteiger partial charge in [-0.15, -0.1) is 0 Å². The number of nitro groups is 2. The van der Waals surface area contributed by atoms with Gasteiger partial charge < -0.3 is 0 Å². The van der Waals surface area contributed by atoms with E-state index in [-0.39, 0.29) is 11.4 Å². The van der Waals surface area contributed by atoms with Gasteiger partial charge in [-0.1, -0.05) is 35.4 Å². The highest BCUT2D eigenvalue weighted by atomic mass is 16.6. The Kier molecular flexibility index (Phi) is 5.34. The third-order valence-electron chi connectivity index (χ3n) is 2.49. The van der Waals surface area contributed by atoms with E-state index in [0.717, 1.165) is 11.1 Å². The number of nitrogens with zero attached hydrogens (tertiary/aromatic N) is 2. The first-order valence-electron chi connectivity index (χ1n) is 5.82. The average Bonchev–Trinajstić information content (AvgIpc) is 2.40. The fourth-order valence-electron chi connectivity index (χ4n) is 1.33. The molecule has 0 radical (unpaired) electrons. The fourth-order valence-corrected chi connectivity index (χ4v) is 1.33. The predicted octanol–water partition coefficient (Wildman–Crippen LogP) is 3.81. The topological polar surface area (TPSA) is 86.3 Å². The predicted molar refractivity (Wildman–Crippen MR) is 75.7 cm³/mol. The number of non-ortho nitro benzene ring substituents is 2. The standard InChI is InChI=1S/2C7H7NO2/c2*1-6-2-4-7(5-3-6)8(9)10/h2*2-5H,1H3. The van der Waals surface area contributed by atoms with Gasteiger partial charge >= 0.3 is 0 Å². The third-order valence-corrected chi connectivity index (χ3v) is 2.49. The summed E-state index contributed by atoms with van der Waals surface area (Å²) >= 11 is 0. The summed E-state index contributed by atoms with van der Waals surface area (Å²) in [5.74, 6) is 0. The maximum absolute atomic E-state index is 10.1. The van der Waals surface area contributed by atoms with Crippen LogP contribution in [0.25, 0.3) is 0 Å². The molecule has 0 atom stereocenters. The van der Waals surface area contributed by atoms with E-state index in [1.807, 2.05) is 13.8 Å². The van der Waals surface area contributed by atoms with Gasteiger partial charge in [0, 0.05) is 24.3 Å². The Balaban J connectivity index is 0.000000200. The summed E-state index contributed by atoms with van der Waals surface area (Å²) in [6.45, 7) is 3.79. The van der Waals surface area contributed by atoms with E-state index in [1.165, 1.54) is 24.3 Å². The molecule has 104 valence electrons. The van der Waals surface area contributed by atoms with Gasteiger partial charge in [0.15, 0.2) is 0 Å². The first-order chi connectivity index (χ1) is 9.40. The van der Waals surface area contributed by atoms with Gasteiger partial charge in [0.25, 0.3) is 11.4 Å². The molecule has 0 aliphatic carbocycles. The van der Waals surface area contributed by atoms with Crippen LogP contribution < -0.4 is 0 Å². The molecule has 0 N–H and O–H groups in total. The van der Waals surface area contributed by atoms with Crippen LogP contribution in [0.4, 0.5) is 11.4 Å². The van der Waals surface area contributed by atoms with Crippen LogP contribution in [0.15, 0.2) is 48.5 Å². The number of benzene rings is 2. The number of hydrogen-bond donors (Lipinski definition) is 0. The summed E-state index contributed by atoms with van der Waals surface area (Å²) in [6.07, 6.45) is 0. The van der Waals surface area contributed by atoms with Crippen molar-refractivity contribution in [1.82, 2.24) is 0 Å². The Morgan fingerprint density at radius 2 is 0.900 bits per heavy atom. The zero-order valence-electron chi connectivity index (χ0n) is 11.1. The summed E-state index contributed by atoms with van der Waals surface area (Å²) in [5.41, 5.74) is 2.35. The maximum Gasteiger partial charge on any atom is 0.269 e.